The zero-order valence-corrected chi connectivity index (χ0v) is 9.97. The van der Waals surface area contributed by atoms with Gasteiger partial charge >= 0.3 is 0 Å². The fourth-order valence-corrected chi connectivity index (χ4v) is 1.74. The molecule has 0 bridgehead atoms. The normalized spacial score (nSPS) is 14.6. The number of nitrogens with zero attached hydrogens (tertiary/aromatic N) is 1. The van der Waals surface area contributed by atoms with Gasteiger partial charge in [-0.1, -0.05) is 13.3 Å². The molecular formula is C8H21N3O2S. The van der Waals surface area contributed by atoms with Gasteiger partial charge in [-0.15, -0.1) is 0 Å². The third kappa shape index (κ3) is 4.90. The number of nitrogens with one attached hydrogen (secondary N) is 1. The standard InChI is InChI=1S/C8H21N3O2S/c1-4-8(5-6-9)7-10-14(12,13)11(2)3/h8,10H,4-7,9H2,1-3H3. The van der Waals surface area contributed by atoms with Crippen LogP contribution in [0.25, 0.3) is 0 Å². The molecule has 0 saturated carbocycles. The van der Waals surface area contributed by atoms with Crippen LogP contribution >= 0.6 is 0 Å². The van der Waals surface area contributed by atoms with Gasteiger partial charge in [0, 0.05) is 20.6 Å². The second-order valence-corrected chi connectivity index (χ2v) is 5.46. The quantitative estimate of drug-likeness (QED) is 0.625. The van der Waals surface area contributed by atoms with E-state index in [9.17, 15) is 8.42 Å². The Labute approximate surface area is 86.8 Å². The Balaban J connectivity index is 4.03. The highest BCUT2D eigenvalue weighted by Crippen LogP contribution is 2.05. The molecular weight excluding hydrogens is 202 g/mol. The maximum atomic E-state index is 11.3. The zero-order valence-electron chi connectivity index (χ0n) is 9.16. The minimum absolute atomic E-state index is 0.328. The topological polar surface area (TPSA) is 75.4 Å². The number of hydrogen-bond donors (Lipinski definition) is 2. The average molecular weight is 223 g/mol. The first-order valence-electron chi connectivity index (χ1n) is 4.81. The van der Waals surface area contributed by atoms with Crippen LogP contribution < -0.4 is 10.5 Å². The summed E-state index contributed by atoms with van der Waals surface area (Å²) in [7, 11) is -0.267. The van der Waals surface area contributed by atoms with Crippen molar-refractivity contribution in [1.82, 2.24) is 9.03 Å². The predicted molar refractivity (Wildman–Crippen MR) is 58.1 cm³/mol. The van der Waals surface area contributed by atoms with Crippen molar-refractivity contribution in [2.45, 2.75) is 19.8 Å². The van der Waals surface area contributed by atoms with Gasteiger partial charge in [0.25, 0.3) is 10.2 Å². The third-order valence-electron chi connectivity index (χ3n) is 2.19. The second kappa shape index (κ2) is 6.34. The molecule has 0 aliphatic heterocycles. The van der Waals surface area contributed by atoms with Crippen molar-refractivity contribution in [3.8, 4) is 0 Å². The van der Waals surface area contributed by atoms with Crippen LogP contribution in [0.4, 0.5) is 0 Å². The minimum atomic E-state index is -3.28. The maximum Gasteiger partial charge on any atom is 0.278 e. The van der Waals surface area contributed by atoms with Gasteiger partial charge in [-0.25, -0.2) is 4.72 Å². The molecule has 6 heteroatoms. The molecule has 0 heterocycles. The lowest BCUT2D eigenvalue weighted by molar-refractivity contribution is 0.449. The lowest BCUT2D eigenvalue weighted by atomic mass is 10.0. The van der Waals surface area contributed by atoms with E-state index in [1.165, 1.54) is 18.4 Å². The molecule has 86 valence electrons. The van der Waals surface area contributed by atoms with Crippen LogP contribution in [0.5, 0.6) is 0 Å². The molecule has 0 saturated heterocycles. The van der Waals surface area contributed by atoms with Gasteiger partial charge in [0.15, 0.2) is 0 Å². The maximum absolute atomic E-state index is 11.3. The van der Waals surface area contributed by atoms with Crippen LogP contribution in [0, 0.1) is 5.92 Å². The van der Waals surface area contributed by atoms with Gasteiger partial charge < -0.3 is 5.73 Å². The Hall–Kier alpha value is -0.170. The molecule has 3 N–H and O–H groups in total. The summed E-state index contributed by atoms with van der Waals surface area (Å²) >= 11 is 0. The van der Waals surface area contributed by atoms with E-state index in [2.05, 4.69) is 4.72 Å². The molecule has 1 unspecified atom stereocenters. The van der Waals surface area contributed by atoms with Gasteiger partial charge in [0.1, 0.15) is 0 Å². The van der Waals surface area contributed by atoms with Crippen molar-refractivity contribution < 1.29 is 8.42 Å². The van der Waals surface area contributed by atoms with Gasteiger partial charge in [-0.2, -0.15) is 12.7 Å². The number of hydrogen-bond acceptors (Lipinski definition) is 3. The molecule has 5 nitrogen and oxygen atoms in total. The van der Waals surface area contributed by atoms with Gasteiger partial charge in [0.05, 0.1) is 0 Å². The SMILES string of the molecule is CCC(CCN)CNS(=O)(=O)N(C)C. The molecule has 0 aliphatic carbocycles. The predicted octanol–water partition coefficient (Wildman–Crippen LogP) is -0.243. The van der Waals surface area contributed by atoms with Crippen molar-refractivity contribution in [3.63, 3.8) is 0 Å². The average Bonchev–Trinajstić information content (AvgIpc) is 2.12. The van der Waals surface area contributed by atoms with Crippen LogP contribution in [0.1, 0.15) is 19.8 Å². The van der Waals surface area contributed by atoms with Gasteiger partial charge in [-0.3, -0.25) is 0 Å². The van der Waals surface area contributed by atoms with E-state index < -0.39 is 10.2 Å². The van der Waals surface area contributed by atoms with E-state index in [0.717, 1.165) is 12.8 Å². The minimum Gasteiger partial charge on any atom is -0.330 e. The monoisotopic (exact) mass is 223 g/mol. The van der Waals surface area contributed by atoms with Crippen LogP contribution in [0.2, 0.25) is 0 Å². The molecule has 0 aromatic rings. The highest BCUT2D eigenvalue weighted by atomic mass is 32.2. The highest BCUT2D eigenvalue weighted by Gasteiger charge is 2.14. The Morgan fingerprint density at radius 3 is 2.36 bits per heavy atom. The summed E-state index contributed by atoms with van der Waals surface area (Å²) in [6.45, 7) is 3.10. The first-order chi connectivity index (χ1) is 6.44. The summed E-state index contributed by atoms with van der Waals surface area (Å²) in [4.78, 5) is 0. The van der Waals surface area contributed by atoms with Crippen molar-refractivity contribution in [2.75, 3.05) is 27.2 Å². The first-order valence-corrected chi connectivity index (χ1v) is 6.25. The lowest BCUT2D eigenvalue weighted by Gasteiger charge is -2.17. The molecule has 0 aromatic heterocycles. The Morgan fingerprint density at radius 2 is 2.00 bits per heavy atom. The molecule has 1 atom stereocenters. The van der Waals surface area contributed by atoms with Gasteiger partial charge in [-0.05, 0) is 18.9 Å². The zero-order chi connectivity index (χ0) is 11.2. The van der Waals surface area contributed by atoms with Crippen LogP contribution in [-0.2, 0) is 10.2 Å². The van der Waals surface area contributed by atoms with Crippen LogP contribution in [0.15, 0.2) is 0 Å². The molecule has 0 rings (SSSR count). The summed E-state index contributed by atoms with van der Waals surface area (Å²) in [5.41, 5.74) is 5.42. The van der Waals surface area contributed by atoms with Crippen molar-refractivity contribution >= 4 is 10.2 Å². The summed E-state index contributed by atoms with van der Waals surface area (Å²) in [6.07, 6.45) is 1.79. The van der Waals surface area contributed by atoms with E-state index in [0.29, 0.717) is 19.0 Å². The fraction of sp³-hybridized carbons (Fsp3) is 1.00. The van der Waals surface area contributed by atoms with Crippen molar-refractivity contribution in [2.24, 2.45) is 11.7 Å². The Bertz CT molecular complexity index is 239. The van der Waals surface area contributed by atoms with E-state index in [-0.39, 0.29) is 0 Å². The Morgan fingerprint density at radius 1 is 1.43 bits per heavy atom. The molecule has 0 radical (unpaired) electrons. The molecule has 0 aromatic carbocycles. The number of nitrogens with two attached hydrogens (primary N) is 1. The van der Waals surface area contributed by atoms with Crippen molar-refractivity contribution in [3.05, 3.63) is 0 Å². The summed E-state index contributed by atoms with van der Waals surface area (Å²) in [5.74, 6) is 0.328. The summed E-state index contributed by atoms with van der Waals surface area (Å²) in [6, 6.07) is 0. The summed E-state index contributed by atoms with van der Waals surface area (Å²) < 4.78 is 26.4. The molecule has 14 heavy (non-hydrogen) atoms. The van der Waals surface area contributed by atoms with Crippen LogP contribution in [-0.4, -0.2) is 39.9 Å². The van der Waals surface area contributed by atoms with Gasteiger partial charge in [0.2, 0.25) is 0 Å². The van der Waals surface area contributed by atoms with E-state index in [1.54, 1.807) is 0 Å². The molecule has 0 spiro atoms. The first kappa shape index (κ1) is 13.8. The molecule has 0 fully saturated rings. The largest absolute Gasteiger partial charge is 0.330 e. The van der Waals surface area contributed by atoms with E-state index >= 15 is 0 Å². The van der Waals surface area contributed by atoms with E-state index in [1.807, 2.05) is 6.92 Å². The van der Waals surface area contributed by atoms with Crippen molar-refractivity contribution in [1.29, 1.82) is 0 Å². The highest BCUT2D eigenvalue weighted by molar-refractivity contribution is 7.87. The van der Waals surface area contributed by atoms with Crippen LogP contribution in [0.3, 0.4) is 0 Å². The number of rotatable bonds is 7. The summed E-state index contributed by atoms with van der Waals surface area (Å²) in [5, 5.41) is 0. The third-order valence-corrected chi connectivity index (χ3v) is 3.68. The lowest BCUT2D eigenvalue weighted by Crippen LogP contribution is -2.38. The second-order valence-electron chi connectivity index (χ2n) is 3.49. The molecule has 0 aliphatic rings. The smallest absolute Gasteiger partial charge is 0.278 e. The fourth-order valence-electron chi connectivity index (χ4n) is 1.04. The van der Waals surface area contributed by atoms with E-state index in [4.69, 9.17) is 5.73 Å². The molecule has 0 amide bonds. The Kier molecular flexibility index (Phi) is 6.26.